The molecule has 2 aromatic carbocycles. The van der Waals surface area contributed by atoms with Gasteiger partial charge in [-0.1, -0.05) is 49.4 Å². The van der Waals surface area contributed by atoms with Gasteiger partial charge in [0.2, 0.25) is 0 Å². The molecule has 0 fully saturated rings. The van der Waals surface area contributed by atoms with Gasteiger partial charge in [-0.25, -0.2) is 0 Å². The van der Waals surface area contributed by atoms with Gasteiger partial charge in [-0.3, -0.25) is 0 Å². The molecular weight excluding hydrogens is 208 g/mol. The SMILES string of the molecule is CCC(C)(O)CCc1ccc2ccccc2c1. The second-order valence-corrected chi connectivity index (χ2v) is 5.03. The molecule has 0 aliphatic rings. The van der Waals surface area contributed by atoms with Crippen molar-refractivity contribution in [2.45, 2.75) is 38.7 Å². The third-order valence-corrected chi connectivity index (χ3v) is 3.53. The number of rotatable bonds is 4. The van der Waals surface area contributed by atoms with Crippen molar-refractivity contribution in [1.29, 1.82) is 0 Å². The lowest BCUT2D eigenvalue weighted by atomic mass is 9.94. The zero-order valence-electron chi connectivity index (χ0n) is 10.6. The molecule has 0 saturated heterocycles. The van der Waals surface area contributed by atoms with E-state index in [0.29, 0.717) is 0 Å². The fourth-order valence-corrected chi connectivity index (χ4v) is 1.98. The first-order valence-corrected chi connectivity index (χ1v) is 6.31. The van der Waals surface area contributed by atoms with Crippen molar-refractivity contribution in [2.75, 3.05) is 0 Å². The molecule has 1 atom stereocenters. The van der Waals surface area contributed by atoms with Crippen LogP contribution in [0.3, 0.4) is 0 Å². The van der Waals surface area contributed by atoms with E-state index in [1.807, 2.05) is 13.8 Å². The van der Waals surface area contributed by atoms with E-state index in [0.717, 1.165) is 19.3 Å². The van der Waals surface area contributed by atoms with Crippen molar-refractivity contribution in [3.05, 3.63) is 48.0 Å². The van der Waals surface area contributed by atoms with E-state index in [2.05, 4.69) is 42.5 Å². The predicted octanol–water partition coefficient (Wildman–Crippen LogP) is 3.93. The Balaban J connectivity index is 2.14. The van der Waals surface area contributed by atoms with Crippen LogP contribution in [0.15, 0.2) is 42.5 Å². The van der Waals surface area contributed by atoms with Crippen LogP contribution in [0.1, 0.15) is 32.3 Å². The van der Waals surface area contributed by atoms with Crippen LogP contribution in [0.25, 0.3) is 10.8 Å². The Morgan fingerprint density at radius 1 is 1.06 bits per heavy atom. The average molecular weight is 228 g/mol. The van der Waals surface area contributed by atoms with E-state index in [-0.39, 0.29) is 0 Å². The van der Waals surface area contributed by atoms with E-state index in [9.17, 15) is 5.11 Å². The van der Waals surface area contributed by atoms with Crippen molar-refractivity contribution in [1.82, 2.24) is 0 Å². The third-order valence-electron chi connectivity index (χ3n) is 3.53. The number of hydrogen-bond donors (Lipinski definition) is 1. The summed E-state index contributed by atoms with van der Waals surface area (Å²) in [4.78, 5) is 0. The van der Waals surface area contributed by atoms with Gasteiger partial charge >= 0.3 is 0 Å². The Labute approximate surface area is 103 Å². The molecule has 1 nitrogen and oxygen atoms in total. The number of benzene rings is 2. The van der Waals surface area contributed by atoms with Gasteiger partial charge in [-0.2, -0.15) is 0 Å². The van der Waals surface area contributed by atoms with Gasteiger partial charge in [0, 0.05) is 0 Å². The van der Waals surface area contributed by atoms with Gasteiger partial charge in [0.1, 0.15) is 0 Å². The van der Waals surface area contributed by atoms with Crippen molar-refractivity contribution in [3.8, 4) is 0 Å². The molecule has 17 heavy (non-hydrogen) atoms. The highest BCUT2D eigenvalue weighted by molar-refractivity contribution is 5.82. The minimum Gasteiger partial charge on any atom is -0.390 e. The first kappa shape index (κ1) is 12.1. The molecule has 1 heteroatoms. The number of fused-ring (bicyclic) bond motifs is 1. The van der Waals surface area contributed by atoms with Crippen LogP contribution in [-0.4, -0.2) is 10.7 Å². The van der Waals surface area contributed by atoms with Crippen molar-refractivity contribution >= 4 is 10.8 Å². The van der Waals surface area contributed by atoms with Crippen LogP contribution in [0.2, 0.25) is 0 Å². The summed E-state index contributed by atoms with van der Waals surface area (Å²) in [6.07, 6.45) is 2.56. The van der Waals surface area contributed by atoms with Crippen LogP contribution in [-0.2, 0) is 6.42 Å². The molecule has 0 saturated carbocycles. The fraction of sp³-hybridized carbons (Fsp3) is 0.375. The highest BCUT2D eigenvalue weighted by Crippen LogP contribution is 2.20. The first-order valence-electron chi connectivity index (χ1n) is 6.31. The second kappa shape index (κ2) is 4.89. The van der Waals surface area contributed by atoms with Crippen molar-refractivity contribution in [2.24, 2.45) is 0 Å². The Bertz CT molecular complexity index is 500. The fourth-order valence-electron chi connectivity index (χ4n) is 1.98. The lowest BCUT2D eigenvalue weighted by Gasteiger charge is -2.21. The van der Waals surface area contributed by atoms with Crippen LogP contribution < -0.4 is 0 Å². The van der Waals surface area contributed by atoms with E-state index in [1.54, 1.807) is 0 Å². The second-order valence-electron chi connectivity index (χ2n) is 5.03. The van der Waals surface area contributed by atoms with Gasteiger partial charge in [0.15, 0.2) is 0 Å². The Morgan fingerprint density at radius 3 is 2.47 bits per heavy atom. The molecular formula is C16H20O. The molecule has 2 rings (SSSR count). The minimum atomic E-state index is -0.536. The van der Waals surface area contributed by atoms with Gasteiger partial charge in [0.25, 0.3) is 0 Å². The Kier molecular flexibility index (Phi) is 3.49. The van der Waals surface area contributed by atoms with Crippen molar-refractivity contribution in [3.63, 3.8) is 0 Å². The summed E-state index contributed by atoms with van der Waals surface area (Å²) in [7, 11) is 0. The topological polar surface area (TPSA) is 20.2 Å². The van der Waals surface area contributed by atoms with Crippen LogP contribution in [0.4, 0.5) is 0 Å². The summed E-state index contributed by atoms with van der Waals surface area (Å²) in [5.41, 5.74) is 0.767. The molecule has 0 amide bonds. The summed E-state index contributed by atoms with van der Waals surface area (Å²) in [6.45, 7) is 3.94. The summed E-state index contributed by atoms with van der Waals surface area (Å²) >= 11 is 0. The standard InChI is InChI=1S/C16H20O/c1-3-16(2,17)11-10-13-8-9-14-6-4-5-7-15(14)12-13/h4-9,12,17H,3,10-11H2,1-2H3. The molecule has 0 aliphatic heterocycles. The third kappa shape index (κ3) is 3.07. The highest BCUT2D eigenvalue weighted by atomic mass is 16.3. The maximum atomic E-state index is 10.00. The Hall–Kier alpha value is -1.34. The number of aryl methyl sites for hydroxylation is 1. The molecule has 1 N–H and O–H groups in total. The maximum Gasteiger partial charge on any atom is 0.0620 e. The van der Waals surface area contributed by atoms with Crippen LogP contribution in [0, 0.1) is 0 Å². The molecule has 0 aromatic heterocycles. The molecule has 0 bridgehead atoms. The lowest BCUT2D eigenvalue weighted by molar-refractivity contribution is 0.0473. The smallest absolute Gasteiger partial charge is 0.0620 e. The Morgan fingerprint density at radius 2 is 1.76 bits per heavy atom. The molecule has 1 unspecified atom stereocenters. The zero-order valence-corrected chi connectivity index (χ0v) is 10.6. The summed E-state index contributed by atoms with van der Waals surface area (Å²) in [5.74, 6) is 0. The molecule has 2 aromatic rings. The molecule has 90 valence electrons. The van der Waals surface area contributed by atoms with Gasteiger partial charge in [-0.15, -0.1) is 0 Å². The highest BCUT2D eigenvalue weighted by Gasteiger charge is 2.16. The normalized spacial score (nSPS) is 14.8. The average Bonchev–Trinajstić information content (AvgIpc) is 2.36. The first-order chi connectivity index (χ1) is 8.11. The zero-order chi connectivity index (χ0) is 12.3. The molecule has 0 aliphatic carbocycles. The number of aliphatic hydroxyl groups is 1. The quantitative estimate of drug-likeness (QED) is 0.840. The number of hydrogen-bond acceptors (Lipinski definition) is 1. The largest absolute Gasteiger partial charge is 0.390 e. The monoisotopic (exact) mass is 228 g/mol. The predicted molar refractivity (Wildman–Crippen MR) is 73.2 cm³/mol. The molecule has 0 spiro atoms. The molecule has 0 heterocycles. The van der Waals surface area contributed by atoms with Crippen LogP contribution >= 0.6 is 0 Å². The molecule has 0 radical (unpaired) electrons. The summed E-state index contributed by atoms with van der Waals surface area (Å²) < 4.78 is 0. The summed E-state index contributed by atoms with van der Waals surface area (Å²) in [5, 5.41) is 12.6. The van der Waals surface area contributed by atoms with E-state index >= 15 is 0 Å². The van der Waals surface area contributed by atoms with E-state index < -0.39 is 5.60 Å². The van der Waals surface area contributed by atoms with Crippen LogP contribution in [0.5, 0.6) is 0 Å². The minimum absolute atomic E-state index is 0.536. The van der Waals surface area contributed by atoms with Crippen molar-refractivity contribution < 1.29 is 5.11 Å². The van der Waals surface area contributed by atoms with Gasteiger partial charge in [-0.05, 0) is 42.5 Å². The van der Waals surface area contributed by atoms with E-state index in [4.69, 9.17) is 0 Å². The van der Waals surface area contributed by atoms with Gasteiger partial charge in [0.05, 0.1) is 5.60 Å². The van der Waals surface area contributed by atoms with E-state index in [1.165, 1.54) is 16.3 Å². The maximum absolute atomic E-state index is 10.00. The summed E-state index contributed by atoms with van der Waals surface area (Å²) in [6, 6.07) is 14.9. The van der Waals surface area contributed by atoms with Gasteiger partial charge < -0.3 is 5.11 Å². The lowest BCUT2D eigenvalue weighted by Crippen LogP contribution is -2.23.